The SMILES string of the molecule is Cc1cnc(-c2ccc([Si](C)(C)C)c3c2oc2ccccc23)cc1CC(C)C. The van der Waals surface area contributed by atoms with Gasteiger partial charge in [-0.2, -0.15) is 0 Å². The van der Waals surface area contributed by atoms with Crippen LogP contribution in [0.3, 0.4) is 0 Å². The van der Waals surface area contributed by atoms with Gasteiger partial charge in [0.25, 0.3) is 0 Å². The molecule has 3 heteroatoms. The van der Waals surface area contributed by atoms with Crippen LogP contribution in [0.2, 0.25) is 19.6 Å². The third kappa shape index (κ3) is 3.28. The quantitative estimate of drug-likeness (QED) is 0.364. The van der Waals surface area contributed by atoms with Crippen LogP contribution in [0.25, 0.3) is 33.2 Å². The molecule has 0 fully saturated rings. The highest BCUT2D eigenvalue weighted by atomic mass is 28.3. The summed E-state index contributed by atoms with van der Waals surface area (Å²) in [5.74, 6) is 0.620. The van der Waals surface area contributed by atoms with Crippen molar-refractivity contribution < 1.29 is 4.42 Å². The molecule has 144 valence electrons. The summed E-state index contributed by atoms with van der Waals surface area (Å²) in [5, 5.41) is 3.94. The Kier molecular flexibility index (Phi) is 4.66. The third-order valence-electron chi connectivity index (χ3n) is 5.45. The Bertz CT molecular complexity index is 1160. The number of pyridine rings is 1. The van der Waals surface area contributed by atoms with Gasteiger partial charge in [-0.25, -0.2) is 0 Å². The van der Waals surface area contributed by atoms with Crippen LogP contribution in [0.4, 0.5) is 0 Å². The lowest BCUT2D eigenvalue weighted by Crippen LogP contribution is -2.37. The molecule has 0 aliphatic carbocycles. The van der Waals surface area contributed by atoms with Gasteiger partial charge in [0, 0.05) is 22.5 Å². The third-order valence-corrected chi connectivity index (χ3v) is 7.49. The van der Waals surface area contributed by atoms with Crippen LogP contribution in [0.5, 0.6) is 0 Å². The van der Waals surface area contributed by atoms with Crippen LogP contribution in [0.1, 0.15) is 25.0 Å². The maximum Gasteiger partial charge on any atom is 0.144 e. The number of aryl methyl sites for hydroxylation is 1. The van der Waals surface area contributed by atoms with Gasteiger partial charge >= 0.3 is 0 Å². The molecule has 0 aliphatic rings. The van der Waals surface area contributed by atoms with Gasteiger partial charge in [-0.15, -0.1) is 0 Å². The summed E-state index contributed by atoms with van der Waals surface area (Å²) in [6.45, 7) is 13.9. The summed E-state index contributed by atoms with van der Waals surface area (Å²) >= 11 is 0. The highest BCUT2D eigenvalue weighted by Crippen LogP contribution is 2.35. The summed E-state index contributed by atoms with van der Waals surface area (Å²) in [6, 6.07) is 15.2. The van der Waals surface area contributed by atoms with E-state index in [4.69, 9.17) is 9.40 Å². The lowest BCUT2D eigenvalue weighted by atomic mass is 9.97. The summed E-state index contributed by atoms with van der Waals surface area (Å²) < 4.78 is 6.41. The van der Waals surface area contributed by atoms with Gasteiger partial charge < -0.3 is 4.42 Å². The average Bonchev–Trinajstić information content (AvgIpc) is 3.01. The normalized spacial score (nSPS) is 12.4. The van der Waals surface area contributed by atoms with Gasteiger partial charge in [0.15, 0.2) is 0 Å². The van der Waals surface area contributed by atoms with Crippen molar-refractivity contribution in [3.8, 4) is 11.3 Å². The lowest BCUT2D eigenvalue weighted by Gasteiger charge is -2.19. The summed E-state index contributed by atoms with van der Waals surface area (Å²) in [6.07, 6.45) is 3.07. The van der Waals surface area contributed by atoms with Crippen LogP contribution in [0.15, 0.2) is 53.1 Å². The standard InChI is InChI=1S/C25H29NOSi/c1-16(2)13-18-14-21(26-15-17(18)3)19-11-12-23(28(4,5)6)24-20-9-7-8-10-22(20)27-25(19)24/h7-12,14-16H,13H2,1-6H3. The summed E-state index contributed by atoms with van der Waals surface area (Å²) in [5.41, 5.74) is 6.67. The van der Waals surface area contributed by atoms with Crippen LogP contribution in [-0.2, 0) is 6.42 Å². The van der Waals surface area contributed by atoms with Crippen molar-refractivity contribution in [2.75, 3.05) is 0 Å². The first-order valence-electron chi connectivity index (χ1n) is 10.2. The monoisotopic (exact) mass is 387 g/mol. The Morgan fingerprint density at radius 1 is 1.04 bits per heavy atom. The van der Waals surface area contributed by atoms with Crippen LogP contribution >= 0.6 is 0 Å². The second-order valence-electron chi connectivity index (χ2n) is 9.31. The minimum absolute atomic E-state index is 0.620. The van der Waals surface area contributed by atoms with Crippen molar-refractivity contribution >= 4 is 35.2 Å². The fourth-order valence-corrected chi connectivity index (χ4v) is 5.61. The predicted molar refractivity (Wildman–Crippen MR) is 123 cm³/mol. The van der Waals surface area contributed by atoms with Crippen molar-refractivity contribution in [1.29, 1.82) is 0 Å². The molecule has 2 aromatic heterocycles. The Morgan fingerprint density at radius 3 is 2.50 bits per heavy atom. The van der Waals surface area contributed by atoms with E-state index in [0.29, 0.717) is 5.92 Å². The van der Waals surface area contributed by atoms with E-state index in [1.807, 2.05) is 12.3 Å². The minimum atomic E-state index is -1.52. The molecule has 4 rings (SSSR count). The number of aromatic nitrogens is 1. The highest BCUT2D eigenvalue weighted by molar-refractivity contribution is 6.90. The number of hydrogen-bond donors (Lipinski definition) is 0. The van der Waals surface area contributed by atoms with Crippen molar-refractivity contribution in [2.45, 2.75) is 46.8 Å². The van der Waals surface area contributed by atoms with E-state index in [1.165, 1.54) is 27.1 Å². The second-order valence-corrected chi connectivity index (χ2v) is 14.3. The first kappa shape index (κ1) is 18.9. The molecule has 0 radical (unpaired) electrons. The zero-order valence-electron chi connectivity index (χ0n) is 17.8. The summed E-state index contributed by atoms with van der Waals surface area (Å²) in [4.78, 5) is 4.78. The average molecular weight is 388 g/mol. The molecule has 0 saturated carbocycles. The van der Waals surface area contributed by atoms with Gasteiger partial charge in [0.2, 0.25) is 0 Å². The van der Waals surface area contributed by atoms with Crippen molar-refractivity contribution in [1.82, 2.24) is 4.98 Å². The number of benzene rings is 2. The van der Waals surface area contributed by atoms with E-state index in [-0.39, 0.29) is 0 Å². The van der Waals surface area contributed by atoms with Crippen LogP contribution in [-0.4, -0.2) is 13.1 Å². The van der Waals surface area contributed by atoms with Crippen molar-refractivity contribution in [3.63, 3.8) is 0 Å². The number of para-hydroxylation sites is 1. The van der Waals surface area contributed by atoms with E-state index in [2.05, 4.69) is 76.8 Å². The van der Waals surface area contributed by atoms with Gasteiger partial charge in [-0.05, 0) is 53.8 Å². The van der Waals surface area contributed by atoms with E-state index in [9.17, 15) is 0 Å². The fourth-order valence-electron chi connectivity index (χ4n) is 4.03. The minimum Gasteiger partial charge on any atom is -0.455 e. The molecule has 0 saturated heterocycles. The van der Waals surface area contributed by atoms with Crippen LogP contribution < -0.4 is 5.19 Å². The molecule has 0 amide bonds. The molecular formula is C25H29NOSi. The largest absolute Gasteiger partial charge is 0.455 e. The Hall–Kier alpha value is -2.39. The topological polar surface area (TPSA) is 26.0 Å². The molecule has 28 heavy (non-hydrogen) atoms. The molecular weight excluding hydrogens is 358 g/mol. The maximum atomic E-state index is 6.41. The smallest absolute Gasteiger partial charge is 0.144 e. The van der Waals surface area contributed by atoms with E-state index in [0.717, 1.165) is 28.8 Å². The molecule has 0 bridgehead atoms. The highest BCUT2D eigenvalue weighted by Gasteiger charge is 2.24. The number of nitrogens with zero attached hydrogens (tertiary/aromatic N) is 1. The van der Waals surface area contributed by atoms with Crippen molar-refractivity contribution in [2.24, 2.45) is 5.92 Å². The zero-order chi connectivity index (χ0) is 20.1. The van der Waals surface area contributed by atoms with Gasteiger partial charge in [0.05, 0.1) is 13.8 Å². The number of fused-ring (bicyclic) bond motifs is 3. The zero-order valence-corrected chi connectivity index (χ0v) is 18.8. The van der Waals surface area contributed by atoms with Crippen molar-refractivity contribution in [3.05, 3.63) is 59.8 Å². The molecule has 2 aromatic carbocycles. The second kappa shape index (κ2) is 6.89. The Balaban J connectivity index is 2.02. The molecule has 2 nitrogen and oxygen atoms in total. The van der Waals surface area contributed by atoms with E-state index in [1.54, 1.807) is 0 Å². The molecule has 0 unspecified atom stereocenters. The van der Waals surface area contributed by atoms with Gasteiger partial charge in [-0.3, -0.25) is 4.98 Å². The number of rotatable bonds is 4. The number of hydrogen-bond acceptors (Lipinski definition) is 2. The number of furan rings is 1. The molecule has 4 aromatic rings. The lowest BCUT2D eigenvalue weighted by molar-refractivity contribution is 0.644. The maximum absolute atomic E-state index is 6.41. The predicted octanol–water partition coefficient (Wildman–Crippen LogP) is 6.70. The Labute approximate surface area is 168 Å². The van der Waals surface area contributed by atoms with Gasteiger partial charge in [0.1, 0.15) is 11.2 Å². The molecule has 2 heterocycles. The molecule has 0 atom stereocenters. The Morgan fingerprint density at radius 2 is 1.79 bits per heavy atom. The first-order chi connectivity index (χ1) is 13.3. The summed E-state index contributed by atoms with van der Waals surface area (Å²) in [7, 11) is -1.52. The fraction of sp³-hybridized carbons (Fsp3) is 0.320. The molecule has 0 N–H and O–H groups in total. The van der Waals surface area contributed by atoms with Gasteiger partial charge in [-0.1, -0.05) is 57.8 Å². The molecule has 0 spiro atoms. The van der Waals surface area contributed by atoms with E-state index >= 15 is 0 Å². The van der Waals surface area contributed by atoms with Crippen LogP contribution in [0, 0.1) is 12.8 Å². The van der Waals surface area contributed by atoms with E-state index < -0.39 is 8.07 Å². The molecule has 0 aliphatic heterocycles. The first-order valence-corrected chi connectivity index (χ1v) is 13.7.